The Morgan fingerprint density at radius 3 is 2.62 bits per heavy atom. The summed E-state index contributed by atoms with van der Waals surface area (Å²) in [6.45, 7) is 0.481. The molecule has 0 spiro atoms. The van der Waals surface area contributed by atoms with Gasteiger partial charge in [-0.3, -0.25) is 9.78 Å². The molecule has 6 heteroatoms. The van der Waals surface area contributed by atoms with E-state index in [1.807, 2.05) is 48.5 Å². The van der Waals surface area contributed by atoms with Crippen LogP contribution in [0.25, 0.3) is 11.6 Å². The van der Waals surface area contributed by atoms with Gasteiger partial charge >= 0.3 is 0 Å². The summed E-state index contributed by atoms with van der Waals surface area (Å²) in [7, 11) is 0. The van der Waals surface area contributed by atoms with Crippen LogP contribution in [-0.4, -0.2) is 27.6 Å². The molecule has 4 rings (SSSR count). The number of rotatable bonds is 6. The number of benzene rings is 1. The van der Waals surface area contributed by atoms with Crippen LogP contribution in [0.1, 0.15) is 30.7 Å². The molecule has 1 aromatic carbocycles. The van der Waals surface area contributed by atoms with E-state index in [0.29, 0.717) is 30.4 Å². The third-order valence-corrected chi connectivity index (χ3v) is 4.95. The van der Waals surface area contributed by atoms with Gasteiger partial charge in [-0.05, 0) is 30.5 Å². The van der Waals surface area contributed by atoms with Crippen LogP contribution in [0.5, 0.6) is 0 Å². The molecule has 0 bridgehead atoms. The first-order valence-corrected chi connectivity index (χ1v) is 8.86. The van der Waals surface area contributed by atoms with Crippen LogP contribution in [0.15, 0.2) is 59.3 Å². The quantitative estimate of drug-likeness (QED) is 0.741. The van der Waals surface area contributed by atoms with E-state index in [9.17, 15) is 4.79 Å². The lowest BCUT2D eigenvalue weighted by Crippen LogP contribution is -2.49. The van der Waals surface area contributed by atoms with Crippen molar-refractivity contribution in [3.63, 3.8) is 0 Å². The van der Waals surface area contributed by atoms with Gasteiger partial charge in [0.25, 0.3) is 5.89 Å². The average molecular weight is 348 g/mol. The lowest BCUT2D eigenvalue weighted by Gasteiger charge is -2.40. The molecule has 2 heterocycles. The van der Waals surface area contributed by atoms with Crippen molar-refractivity contribution >= 4 is 5.91 Å². The second-order valence-corrected chi connectivity index (χ2v) is 6.54. The van der Waals surface area contributed by atoms with E-state index in [0.717, 1.165) is 24.8 Å². The number of hydrogen-bond acceptors (Lipinski definition) is 5. The first kappa shape index (κ1) is 16.4. The minimum atomic E-state index is -0.377. The van der Waals surface area contributed by atoms with Crippen molar-refractivity contribution in [1.82, 2.24) is 20.4 Å². The summed E-state index contributed by atoms with van der Waals surface area (Å²) in [5, 5.41) is 7.01. The highest BCUT2D eigenvalue weighted by molar-refractivity contribution is 5.89. The number of carbonyl (C=O) groups excluding carboxylic acids is 1. The summed E-state index contributed by atoms with van der Waals surface area (Å²) in [6.07, 6.45) is 5.08. The lowest BCUT2D eigenvalue weighted by atomic mass is 9.64. The second-order valence-electron chi connectivity index (χ2n) is 6.54. The molecule has 3 aromatic rings. The van der Waals surface area contributed by atoms with Gasteiger partial charge in [-0.1, -0.05) is 48.0 Å². The maximum atomic E-state index is 12.8. The third kappa shape index (κ3) is 3.10. The van der Waals surface area contributed by atoms with E-state index < -0.39 is 0 Å². The molecule has 0 aliphatic heterocycles. The maximum Gasteiger partial charge on any atom is 0.276 e. The second kappa shape index (κ2) is 7.07. The zero-order valence-corrected chi connectivity index (χ0v) is 14.4. The van der Waals surface area contributed by atoms with E-state index in [4.69, 9.17) is 4.52 Å². The summed E-state index contributed by atoms with van der Waals surface area (Å²) in [5.41, 5.74) is 1.37. The average Bonchev–Trinajstić information content (AvgIpc) is 3.11. The number of carbonyl (C=O) groups is 1. The molecular formula is C20H20N4O2. The fourth-order valence-electron chi connectivity index (χ4n) is 3.34. The maximum absolute atomic E-state index is 12.8. The zero-order chi connectivity index (χ0) is 17.8. The van der Waals surface area contributed by atoms with Crippen LogP contribution < -0.4 is 5.32 Å². The van der Waals surface area contributed by atoms with Gasteiger partial charge in [0, 0.05) is 19.2 Å². The Kier molecular flexibility index (Phi) is 4.48. The molecule has 1 N–H and O–H groups in total. The Morgan fingerprint density at radius 1 is 1.12 bits per heavy atom. The van der Waals surface area contributed by atoms with Crippen LogP contribution in [0.3, 0.4) is 0 Å². The molecule has 1 fully saturated rings. The Bertz CT molecular complexity index is 873. The van der Waals surface area contributed by atoms with Crippen LogP contribution >= 0.6 is 0 Å². The van der Waals surface area contributed by atoms with E-state index in [1.54, 1.807) is 6.20 Å². The Morgan fingerprint density at radius 2 is 1.92 bits per heavy atom. The molecule has 1 saturated carbocycles. The highest BCUT2D eigenvalue weighted by Crippen LogP contribution is 2.43. The third-order valence-electron chi connectivity index (χ3n) is 4.95. The van der Waals surface area contributed by atoms with Crippen molar-refractivity contribution < 1.29 is 9.32 Å². The SMILES string of the molecule is O=C(NCCc1noc(-c2ccccn2)n1)C1(c2ccccc2)CCC1. The van der Waals surface area contributed by atoms with Crippen molar-refractivity contribution in [2.45, 2.75) is 31.1 Å². The van der Waals surface area contributed by atoms with Crippen molar-refractivity contribution in [3.8, 4) is 11.6 Å². The van der Waals surface area contributed by atoms with Crippen molar-refractivity contribution in [3.05, 3.63) is 66.1 Å². The highest BCUT2D eigenvalue weighted by atomic mass is 16.5. The standard InChI is InChI=1S/C20H20N4O2/c25-19(20(11-6-12-20)15-7-2-1-3-8-15)22-14-10-17-23-18(26-24-17)16-9-4-5-13-21-16/h1-5,7-9,13H,6,10-12,14H2,(H,22,25). The number of amides is 1. The fraction of sp³-hybridized carbons (Fsp3) is 0.300. The molecule has 0 saturated heterocycles. The summed E-state index contributed by atoms with van der Waals surface area (Å²) in [4.78, 5) is 21.3. The molecule has 1 aliphatic carbocycles. The van der Waals surface area contributed by atoms with Crippen LogP contribution in [0.2, 0.25) is 0 Å². The number of pyridine rings is 1. The minimum Gasteiger partial charge on any atom is -0.355 e. The normalized spacial score (nSPS) is 15.2. The van der Waals surface area contributed by atoms with Gasteiger partial charge in [-0.25, -0.2) is 0 Å². The molecule has 0 atom stereocenters. The topological polar surface area (TPSA) is 80.9 Å². The van der Waals surface area contributed by atoms with Crippen molar-refractivity contribution in [2.75, 3.05) is 6.54 Å². The highest BCUT2D eigenvalue weighted by Gasteiger charge is 2.45. The first-order chi connectivity index (χ1) is 12.8. The summed E-state index contributed by atoms with van der Waals surface area (Å²) < 4.78 is 5.24. The molecule has 0 radical (unpaired) electrons. The molecule has 26 heavy (non-hydrogen) atoms. The molecule has 1 aliphatic rings. The first-order valence-electron chi connectivity index (χ1n) is 8.86. The van der Waals surface area contributed by atoms with Gasteiger partial charge in [0.15, 0.2) is 5.82 Å². The smallest absolute Gasteiger partial charge is 0.276 e. The Labute approximate surface area is 151 Å². The van der Waals surface area contributed by atoms with E-state index >= 15 is 0 Å². The number of hydrogen-bond donors (Lipinski definition) is 1. The molecule has 132 valence electrons. The predicted molar refractivity (Wildman–Crippen MR) is 96.2 cm³/mol. The molecular weight excluding hydrogens is 328 g/mol. The van der Waals surface area contributed by atoms with Gasteiger partial charge in [-0.15, -0.1) is 0 Å². The number of aromatic nitrogens is 3. The predicted octanol–water partition coefficient (Wildman–Crippen LogP) is 2.91. The molecule has 2 aromatic heterocycles. The lowest BCUT2D eigenvalue weighted by molar-refractivity contribution is -0.129. The van der Waals surface area contributed by atoms with Gasteiger partial charge in [-0.2, -0.15) is 4.98 Å². The molecule has 6 nitrogen and oxygen atoms in total. The largest absolute Gasteiger partial charge is 0.355 e. The minimum absolute atomic E-state index is 0.0865. The summed E-state index contributed by atoms with van der Waals surface area (Å²) in [5.74, 6) is 1.04. The van der Waals surface area contributed by atoms with Gasteiger partial charge < -0.3 is 9.84 Å². The van der Waals surface area contributed by atoms with E-state index in [-0.39, 0.29) is 11.3 Å². The van der Waals surface area contributed by atoms with Crippen molar-refractivity contribution in [1.29, 1.82) is 0 Å². The van der Waals surface area contributed by atoms with E-state index in [1.165, 1.54) is 0 Å². The summed E-state index contributed by atoms with van der Waals surface area (Å²) in [6, 6.07) is 15.5. The molecule has 0 unspecified atom stereocenters. The fourth-order valence-corrected chi connectivity index (χ4v) is 3.34. The van der Waals surface area contributed by atoms with Gasteiger partial charge in [0.2, 0.25) is 5.91 Å². The van der Waals surface area contributed by atoms with Crippen LogP contribution in [-0.2, 0) is 16.6 Å². The zero-order valence-electron chi connectivity index (χ0n) is 14.4. The van der Waals surface area contributed by atoms with Crippen LogP contribution in [0, 0.1) is 0 Å². The molecule has 1 amide bonds. The monoisotopic (exact) mass is 348 g/mol. The number of nitrogens with one attached hydrogen (secondary N) is 1. The van der Waals surface area contributed by atoms with Gasteiger partial charge in [0.05, 0.1) is 5.41 Å². The van der Waals surface area contributed by atoms with Crippen LogP contribution in [0.4, 0.5) is 0 Å². The Hall–Kier alpha value is -3.02. The Balaban J connectivity index is 1.36. The number of nitrogens with zero attached hydrogens (tertiary/aromatic N) is 3. The van der Waals surface area contributed by atoms with Crippen molar-refractivity contribution in [2.24, 2.45) is 0 Å². The van der Waals surface area contributed by atoms with Gasteiger partial charge in [0.1, 0.15) is 5.69 Å². The van der Waals surface area contributed by atoms with E-state index in [2.05, 4.69) is 20.4 Å². The summed E-state index contributed by atoms with van der Waals surface area (Å²) >= 11 is 0.